The number of nitrogens with zero attached hydrogens (tertiary/aromatic N) is 4. The molecule has 1 unspecified atom stereocenters. The molecule has 0 aliphatic rings. The van der Waals surface area contributed by atoms with Gasteiger partial charge in [-0.15, -0.1) is 5.10 Å². The smallest absolute Gasteiger partial charge is 0.310 e. The van der Waals surface area contributed by atoms with Gasteiger partial charge in [0.15, 0.2) is 0 Å². The van der Waals surface area contributed by atoms with Crippen molar-refractivity contribution in [2.45, 2.75) is 13.8 Å². The number of methoxy groups -OCH3 is 1. The normalized spacial score (nSPS) is 11.9. The Bertz CT molecular complexity index is 742. The van der Waals surface area contributed by atoms with Gasteiger partial charge >= 0.3 is 5.97 Å². The average Bonchev–Trinajstić information content (AvgIpc) is 2.95. The number of benzene rings is 1. The van der Waals surface area contributed by atoms with Crippen LogP contribution < -0.4 is 0 Å². The number of carbonyl (C=O) groups is 2. The molecule has 7 nitrogen and oxygen atoms in total. The highest BCUT2D eigenvalue weighted by atomic mass is 35.5. The maximum Gasteiger partial charge on any atom is 0.310 e. The van der Waals surface area contributed by atoms with Gasteiger partial charge in [0.05, 0.1) is 18.7 Å². The number of hydrogen-bond acceptors (Lipinski definition) is 5. The predicted molar refractivity (Wildman–Crippen MR) is 89.2 cm³/mol. The molecule has 2 aromatic rings. The number of amides is 1. The second-order valence-electron chi connectivity index (χ2n) is 5.48. The quantitative estimate of drug-likeness (QED) is 0.772. The number of ether oxygens (including phenoxy) is 1. The van der Waals surface area contributed by atoms with E-state index in [1.807, 2.05) is 0 Å². The monoisotopic (exact) mass is 350 g/mol. The molecule has 0 saturated heterocycles. The van der Waals surface area contributed by atoms with Gasteiger partial charge in [0, 0.05) is 18.6 Å². The van der Waals surface area contributed by atoms with Crippen LogP contribution in [0, 0.1) is 12.8 Å². The van der Waals surface area contributed by atoms with E-state index in [4.69, 9.17) is 11.6 Å². The van der Waals surface area contributed by atoms with Crippen molar-refractivity contribution < 1.29 is 14.3 Å². The van der Waals surface area contributed by atoms with Crippen LogP contribution in [0.2, 0.25) is 5.02 Å². The van der Waals surface area contributed by atoms with Gasteiger partial charge in [-0.25, -0.2) is 9.67 Å². The van der Waals surface area contributed by atoms with E-state index in [0.717, 1.165) is 5.69 Å². The van der Waals surface area contributed by atoms with E-state index in [1.54, 1.807) is 49.8 Å². The van der Waals surface area contributed by atoms with Crippen LogP contribution in [-0.2, 0) is 9.53 Å². The third-order valence-corrected chi connectivity index (χ3v) is 3.78. The zero-order valence-electron chi connectivity index (χ0n) is 14.0. The zero-order chi connectivity index (χ0) is 17.9. The molecule has 1 aromatic carbocycles. The number of halogens is 1. The Hall–Kier alpha value is -2.41. The zero-order valence-corrected chi connectivity index (χ0v) is 14.7. The van der Waals surface area contributed by atoms with E-state index in [1.165, 1.54) is 12.0 Å². The SMILES string of the molecule is COC(=O)C(C)CN(C)C(=O)c1nc(C)n(-c2ccc(Cl)cc2)n1. The molecule has 0 radical (unpaired) electrons. The maximum absolute atomic E-state index is 12.5. The van der Waals surface area contributed by atoms with Gasteiger partial charge < -0.3 is 9.64 Å². The Morgan fingerprint density at radius 1 is 1.33 bits per heavy atom. The highest BCUT2D eigenvalue weighted by Gasteiger charge is 2.23. The van der Waals surface area contributed by atoms with Crippen LogP contribution in [0.4, 0.5) is 0 Å². The highest BCUT2D eigenvalue weighted by molar-refractivity contribution is 6.30. The van der Waals surface area contributed by atoms with E-state index < -0.39 is 5.92 Å². The van der Waals surface area contributed by atoms with Gasteiger partial charge in [0.25, 0.3) is 5.91 Å². The Labute approximate surface area is 145 Å². The second kappa shape index (κ2) is 7.44. The van der Waals surface area contributed by atoms with Gasteiger partial charge in [0.2, 0.25) is 5.82 Å². The molecule has 0 saturated carbocycles. The molecule has 0 spiro atoms. The number of aryl methyl sites for hydroxylation is 1. The van der Waals surface area contributed by atoms with Crippen molar-refractivity contribution in [1.29, 1.82) is 0 Å². The molecule has 128 valence electrons. The largest absolute Gasteiger partial charge is 0.469 e. The molecule has 2 rings (SSSR count). The minimum Gasteiger partial charge on any atom is -0.469 e. The first-order valence-corrected chi connectivity index (χ1v) is 7.74. The van der Waals surface area contributed by atoms with Crippen LogP contribution in [-0.4, -0.2) is 52.2 Å². The van der Waals surface area contributed by atoms with Gasteiger partial charge in [0.1, 0.15) is 5.82 Å². The van der Waals surface area contributed by atoms with Crippen molar-refractivity contribution in [3.05, 3.63) is 40.9 Å². The molecule has 8 heteroatoms. The van der Waals surface area contributed by atoms with Gasteiger partial charge in [-0.3, -0.25) is 9.59 Å². The summed E-state index contributed by atoms with van der Waals surface area (Å²) in [6, 6.07) is 7.07. The molecule has 1 atom stereocenters. The van der Waals surface area contributed by atoms with Crippen LogP contribution >= 0.6 is 11.6 Å². The number of carbonyl (C=O) groups excluding carboxylic acids is 2. The highest BCUT2D eigenvalue weighted by Crippen LogP contribution is 2.15. The lowest BCUT2D eigenvalue weighted by Gasteiger charge is -2.18. The van der Waals surface area contributed by atoms with Crippen molar-refractivity contribution in [2.75, 3.05) is 20.7 Å². The topological polar surface area (TPSA) is 77.3 Å². The fourth-order valence-corrected chi connectivity index (χ4v) is 2.37. The van der Waals surface area contributed by atoms with Crippen molar-refractivity contribution in [3.8, 4) is 5.69 Å². The first-order chi connectivity index (χ1) is 11.3. The minimum absolute atomic E-state index is 0.0713. The minimum atomic E-state index is -0.427. The van der Waals surface area contributed by atoms with Gasteiger partial charge in [-0.05, 0) is 31.2 Å². The Morgan fingerprint density at radius 2 is 1.96 bits per heavy atom. The van der Waals surface area contributed by atoms with Crippen LogP contribution in [0.3, 0.4) is 0 Å². The summed E-state index contributed by atoms with van der Waals surface area (Å²) >= 11 is 5.88. The molecule has 1 amide bonds. The summed E-state index contributed by atoms with van der Waals surface area (Å²) < 4.78 is 6.24. The van der Waals surface area contributed by atoms with E-state index in [2.05, 4.69) is 14.8 Å². The number of esters is 1. The van der Waals surface area contributed by atoms with Crippen molar-refractivity contribution in [1.82, 2.24) is 19.7 Å². The molecule has 1 aromatic heterocycles. The van der Waals surface area contributed by atoms with E-state index in [9.17, 15) is 9.59 Å². The van der Waals surface area contributed by atoms with Gasteiger partial charge in [-0.1, -0.05) is 18.5 Å². The van der Waals surface area contributed by atoms with E-state index >= 15 is 0 Å². The Balaban J connectivity index is 2.17. The van der Waals surface area contributed by atoms with Crippen molar-refractivity contribution in [3.63, 3.8) is 0 Å². The molecular formula is C16H19ClN4O3. The number of aromatic nitrogens is 3. The summed E-state index contributed by atoms with van der Waals surface area (Å²) in [5, 5.41) is 4.87. The fraction of sp³-hybridized carbons (Fsp3) is 0.375. The lowest BCUT2D eigenvalue weighted by molar-refractivity contribution is -0.145. The number of hydrogen-bond donors (Lipinski definition) is 0. The molecule has 0 aliphatic heterocycles. The van der Waals surface area contributed by atoms with Crippen LogP contribution in [0.25, 0.3) is 5.69 Å². The predicted octanol–water partition coefficient (Wildman–Crippen LogP) is 2.11. The van der Waals surface area contributed by atoms with Gasteiger partial charge in [-0.2, -0.15) is 0 Å². The van der Waals surface area contributed by atoms with Crippen molar-refractivity contribution >= 4 is 23.5 Å². The summed E-state index contributed by atoms with van der Waals surface area (Å²) in [7, 11) is 2.92. The molecular weight excluding hydrogens is 332 g/mol. The van der Waals surface area contributed by atoms with Crippen LogP contribution in [0.15, 0.2) is 24.3 Å². The summed E-state index contributed by atoms with van der Waals surface area (Å²) in [5.74, 6) is -0.507. The molecule has 0 fully saturated rings. The summed E-state index contributed by atoms with van der Waals surface area (Å²) in [6.07, 6.45) is 0. The summed E-state index contributed by atoms with van der Waals surface area (Å²) in [5.41, 5.74) is 0.758. The van der Waals surface area contributed by atoms with Crippen LogP contribution in [0.1, 0.15) is 23.4 Å². The third kappa shape index (κ3) is 3.91. The Morgan fingerprint density at radius 3 is 2.54 bits per heavy atom. The number of rotatable bonds is 5. The first kappa shape index (κ1) is 17.9. The molecule has 0 aliphatic carbocycles. The molecule has 1 heterocycles. The standard InChI is InChI=1S/C16H19ClN4O3/c1-10(16(23)24-4)9-20(3)15(22)14-18-11(2)21(19-14)13-7-5-12(17)6-8-13/h5-8,10H,9H2,1-4H3. The first-order valence-electron chi connectivity index (χ1n) is 7.36. The molecule has 0 bridgehead atoms. The lowest BCUT2D eigenvalue weighted by atomic mass is 10.2. The van der Waals surface area contributed by atoms with E-state index in [-0.39, 0.29) is 24.2 Å². The fourth-order valence-electron chi connectivity index (χ4n) is 2.25. The van der Waals surface area contributed by atoms with Crippen LogP contribution in [0.5, 0.6) is 0 Å². The lowest BCUT2D eigenvalue weighted by Crippen LogP contribution is -2.34. The van der Waals surface area contributed by atoms with E-state index in [0.29, 0.717) is 10.8 Å². The second-order valence-corrected chi connectivity index (χ2v) is 5.92. The Kier molecular flexibility index (Phi) is 5.56. The summed E-state index contributed by atoms with van der Waals surface area (Å²) in [6.45, 7) is 3.68. The average molecular weight is 351 g/mol. The molecule has 0 N–H and O–H groups in total. The van der Waals surface area contributed by atoms with Crippen molar-refractivity contribution in [2.24, 2.45) is 5.92 Å². The summed E-state index contributed by atoms with van der Waals surface area (Å²) in [4.78, 5) is 29.5. The maximum atomic E-state index is 12.5. The third-order valence-electron chi connectivity index (χ3n) is 3.53. The molecule has 24 heavy (non-hydrogen) atoms.